The van der Waals surface area contributed by atoms with E-state index in [9.17, 15) is 9.18 Å². The molecule has 1 aliphatic carbocycles. The summed E-state index contributed by atoms with van der Waals surface area (Å²) in [5.74, 6) is -0.594. The van der Waals surface area contributed by atoms with Gasteiger partial charge in [-0.05, 0) is 38.0 Å². The largest absolute Gasteiger partial charge is 0.478 e. The highest BCUT2D eigenvalue weighted by Crippen LogP contribution is 2.24. The number of hydrogen-bond donors (Lipinski definition) is 1. The van der Waals surface area contributed by atoms with Gasteiger partial charge in [-0.3, -0.25) is 4.79 Å². The van der Waals surface area contributed by atoms with Crippen molar-refractivity contribution in [2.24, 2.45) is 0 Å². The lowest BCUT2D eigenvalue weighted by atomic mass is 10.3. The van der Waals surface area contributed by atoms with E-state index in [1.807, 2.05) is 0 Å². The average Bonchev–Trinajstić information content (AvgIpc) is 3.07. The van der Waals surface area contributed by atoms with E-state index in [-0.39, 0.29) is 17.7 Å². The molecule has 0 aliphatic heterocycles. The maximum Gasteiger partial charge on any atom is 0.260 e. The Balaban J connectivity index is 1.98. The number of carbonyl (C=O) groups is 1. The van der Waals surface area contributed by atoms with Gasteiger partial charge in [-0.25, -0.2) is 4.39 Å². The van der Waals surface area contributed by atoms with Crippen LogP contribution in [-0.4, -0.2) is 18.1 Å². The summed E-state index contributed by atoms with van der Waals surface area (Å²) in [6.45, 7) is 1.61. The van der Waals surface area contributed by atoms with E-state index in [1.165, 1.54) is 12.1 Å². The molecule has 0 heterocycles. The fraction of sp³-hybridized carbons (Fsp3) is 0.417. The van der Waals surface area contributed by atoms with Gasteiger partial charge < -0.3 is 10.1 Å². The molecule has 1 N–H and O–H groups in total. The topological polar surface area (TPSA) is 38.3 Å². The molecule has 1 aromatic carbocycles. The van der Waals surface area contributed by atoms with E-state index in [0.29, 0.717) is 4.47 Å². The van der Waals surface area contributed by atoms with E-state index >= 15 is 0 Å². The summed E-state index contributed by atoms with van der Waals surface area (Å²) < 4.78 is 19.4. The van der Waals surface area contributed by atoms with Gasteiger partial charge in [0, 0.05) is 10.5 Å². The predicted molar refractivity (Wildman–Crippen MR) is 65.4 cm³/mol. The molecule has 1 unspecified atom stereocenters. The van der Waals surface area contributed by atoms with Crippen molar-refractivity contribution >= 4 is 21.8 Å². The van der Waals surface area contributed by atoms with E-state index in [2.05, 4.69) is 21.2 Å². The zero-order valence-corrected chi connectivity index (χ0v) is 11.0. The highest BCUT2D eigenvalue weighted by Gasteiger charge is 2.26. The Hall–Kier alpha value is -1.10. The van der Waals surface area contributed by atoms with Crippen LogP contribution in [-0.2, 0) is 4.79 Å². The summed E-state index contributed by atoms with van der Waals surface area (Å²) in [6, 6.07) is 4.67. The summed E-state index contributed by atoms with van der Waals surface area (Å²) in [4.78, 5) is 11.6. The van der Waals surface area contributed by atoms with Crippen molar-refractivity contribution in [2.45, 2.75) is 31.9 Å². The first kappa shape index (κ1) is 12.4. The highest BCUT2D eigenvalue weighted by molar-refractivity contribution is 9.10. The van der Waals surface area contributed by atoms with Crippen molar-refractivity contribution in [1.82, 2.24) is 5.32 Å². The first-order chi connectivity index (χ1) is 8.06. The third kappa shape index (κ3) is 3.43. The minimum Gasteiger partial charge on any atom is -0.478 e. The Morgan fingerprint density at radius 3 is 2.94 bits per heavy atom. The average molecular weight is 302 g/mol. The van der Waals surface area contributed by atoms with Gasteiger partial charge in [0.05, 0.1) is 0 Å². The molecule has 0 radical (unpaired) electrons. The van der Waals surface area contributed by atoms with Gasteiger partial charge in [-0.15, -0.1) is 0 Å². The number of nitrogens with one attached hydrogen (secondary N) is 1. The van der Waals surface area contributed by atoms with Crippen LogP contribution in [0.2, 0.25) is 0 Å². The van der Waals surface area contributed by atoms with Gasteiger partial charge >= 0.3 is 0 Å². The molecule has 5 heteroatoms. The highest BCUT2D eigenvalue weighted by atomic mass is 79.9. The van der Waals surface area contributed by atoms with Gasteiger partial charge in [0.25, 0.3) is 5.91 Å². The lowest BCUT2D eigenvalue weighted by molar-refractivity contribution is -0.127. The molecular formula is C12H13BrFNO2. The van der Waals surface area contributed by atoms with Crippen LogP contribution in [0.1, 0.15) is 19.8 Å². The second-order valence-corrected chi connectivity index (χ2v) is 5.03. The van der Waals surface area contributed by atoms with Crippen LogP contribution in [0, 0.1) is 5.82 Å². The number of halogens is 2. The fourth-order valence-corrected chi connectivity index (χ4v) is 1.70. The van der Waals surface area contributed by atoms with Gasteiger partial charge in [0.15, 0.2) is 17.7 Å². The van der Waals surface area contributed by atoms with E-state index < -0.39 is 11.9 Å². The zero-order chi connectivity index (χ0) is 12.4. The quantitative estimate of drug-likeness (QED) is 0.928. The number of hydrogen-bond acceptors (Lipinski definition) is 2. The van der Waals surface area contributed by atoms with Crippen molar-refractivity contribution in [3.63, 3.8) is 0 Å². The maximum atomic E-state index is 13.4. The number of benzene rings is 1. The van der Waals surface area contributed by atoms with Crippen molar-refractivity contribution < 1.29 is 13.9 Å². The van der Waals surface area contributed by atoms with E-state index in [4.69, 9.17) is 4.74 Å². The third-order valence-electron chi connectivity index (χ3n) is 2.49. The lowest BCUT2D eigenvalue weighted by Gasteiger charge is -2.15. The molecule has 1 amide bonds. The molecule has 1 saturated carbocycles. The van der Waals surface area contributed by atoms with Crippen molar-refractivity contribution in [1.29, 1.82) is 0 Å². The molecule has 0 saturated heterocycles. The van der Waals surface area contributed by atoms with Gasteiger partial charge in [-0.2, -0.15) is 0 Å². The first-order valence-corrected chi connectivity index (χ1v) is 6.27. The molecule has 3 nitrogen and oxygen atoms in total. The van der Waals surface area contributed by atoms with Crippen LogP contribution in [0.3, 0.4) is 0 Å². The van der Waals surface area contributed by atoms with Crippen molar-refractivity contribution in [2.75, 3.05) is 0 Å². The van der Waals surface area contributed by atoms with Crippen molar-refractivity contribution in [3.05, 3.63) is 28.5 Å². The summed E-state index contributed by atoms with van der Waals surface area (Å²) in [5, 5.41) is 2.81. The molecule has 1 fully saturated rings. The Bertz CT molecular complexity index is 435. The zero-order valence-electron chi connectivity index (χ0n) is 9.37. The Kier molecular flexibility index (Phi) is 3.66. The number of rotatable bonds is 4. The molecule has 0 spiro atoms. The SMILES string of the molecule is CC(Oc1cc(Br)ccc1F)C(=O)NC1CC1. The second kappa shape index (κ2) is 5.04. The minimum absolute atomic E-state index is 0.0813. The van der Waals surface area contributed by atoms with Gasteiger partial charge in [0.2, 0.25) is 0 Å². The predicted octanol–water partition coefficient (Wildman–Crippen LogP) is 2.63. The van der Waals surface area contributed by atoms with Crippen LogP contribution in [0.5, 0.6) is 5.75 Å². The molecule has 0 aromatic heterocycles. The molecule has 92 valence electrons. The summed E-state index contributed by atoms with van der Waals surface area (Å²) in [6.07, 6.45) is 1.34. The monoisotopic (exact) mass is 301 g/mol. The van der Waals surface area contributed by atoms with E-state index in [1.54, 1.807) is 13.0 Å². The summed E-state index contributed by atoms with van der Waals surface area (Å²) in [7, 11) is 0. The van der Waals surface area contributed by atoms with Crippen molar-refractivity contribution in [3.8, 4) is 5.75 Å². The number of amides is 1. The summed E-state index contributed by atoms with van der Waals surface area (Å²) >= 11 is 3.23. The second-order valence-electron chi connectivity index (χ2n) is 4.12. The third-order valence-corrected chi connectivity index (χ3v) is 2.98. The molecule has 17 heavy (non-hydrogen) atoms. The number of ether oxygens (including phenoxy) is 1. The summed E-state index contributed by atoms with van der Waals surface area (Å²) in [5.41, 5.74) is 0. The van der Waals surface area contributed by atoms with Crippen LogP contribution in [0.25, 0.3) is 0 Å². The minimum atomic E-state index is -0.695. The molecular weight excluding hydrogens is 289 g/mol. The molecule has 2 rings (SSSR count). The first-order valence-electron chi connectivity index (χ1n) is 5.48. The smallest absolute Gasteiger partial charge is 0.260 e. The van der Waals surface area contributed by atoms with Crippen LogP contribution in [0.15, 0.2) is 22.7 Å². The van der Waals surface area contributed by atoms with Gasteiger partial charge in [-0.1, -0.05) is 15.9 Å². The molecule has 1 aliphatic rings. The Labute approximate surface area is 107 Å². The fourth-order valence-electron chi connectivity index (χ4n) is 1.36. The van der Waals surface area contributed by atoms with Crippen LogP contribution in [0.4, 0.5) is 4.39 Å². The molecule has 1 aromatic rings. The normalized spacial score (nSPS) is 16.4. The number of carbonyl (C=O) groups excluding carboxylic acids is 1. The maximum absolute atomic E-state index is 13.4. The van der Waals surface area contributed by atoms with Crippen LogP contribution >= 0.6 is 15.9 Å². The molecule has 1 atom stereocenters. The van der Waals surface area contributed by atoms with Crippen LogP contribution < -0.4 is 10.1 Å². The molecule has 0 bridgehead atoms. The lowest BCUT2D eigenvalue weighted by Crippen LogP contribution is -2.37. The Morgan fingerprint density at radius 2 is 2.29 bits per heavy atom. The van der Waals surface area contributed by atoms with E-state index in [0.717, 1.165) is 12.8 Å². The van der Waals surface area contributed by atoms with Gasteiger partial charge in [0.1, 0.15) is 0 Å². The standard InChI is InChI=1S/C12H13BrFNO2/c1-7(12(16)15-9-3-4-9)17-11-6-8(13)2-5-10(11)14/h2,5-7,9H,3-4H2,1H3,(H,15,16). The Morgan fingerprint density at radius 1 is 1.59 bits per heavy atom.